The van der Waals surface area contributed by atoms with E-state index in [4.69, 9.17) is 6.42 Å². The number of hydrogen-bond donors (Lipinski definition) is 1. The number of carbonyl (C=O) groups is 1. The van der Waals surface area contributed by atoms with E-state index in [0.717, 1.165) is 11.3 Å². The Morgan fingerprint density at radius 2 is 2.35 bits per heavy atom. The first-order valence-electron chi connectivity index (χ1n) is 5.35. The van der Waals surface area contributed by atoms with Gasteiger partial charge in [-0.05, 0) is 17.9 Å². The van der Waals surface area contributed by atoms with Crippen LogP contribution in [0.1, 0.15) is 24.8 Å². The number of amides is 1. The highest BCUT2D eigenvalue weighted by atomic mass is 32.1. The van der Waals surface area contributed by atoms with Crippen LogP contribution in [0.2, 0.25) is 0 Å². The molecule has 88 valence electrons. The Balaban J connectivity index is 1.86. The molecular formula is C12H13N3OS. The fraction of sp³-hybridized carbons (Fsp3) is 0.417. The molecule has 5 heteroatoms. The SMILES string of the molecule is C#CCCC1(CC(=O)Nc2cscc2C)N=N1. The summed E-state index contributed by atoms with van der Waals surface area (Å²) in [4.78, 5) is 11.8. The summed E-state index contributed by atoms with van der Waals surface area (Å²) in [7, 11) is 0. The van der Waals surface area contributed by atoms with Crippen LogP contribution in [0.4, 0.5) is 5.69 Å². The van der Waals surface area contributed by atoms with E-state index in [1.165, 1.54) is 0 Å². The zero-order chi connectivity index (χ0) is 12.3. The highest BCUT2D eigenvalue weighted by molar-refractivity contribution is 7.08. The molecule has 0 radical (unpaired) electrons. The van der Waals surface area contributed by atoms with Crippen LogP contribution in [0.5, 0.6) is 0 Å². The lowest BCUT2D eigenvalue weighted by molar-refractivity contribution is -0.116. The zero-order valence-corrected chi connectivity index (χ0v) is 10.4. The molecule has 0 atom stereocenters. The van der Waals surface area contributed by atoms with Crippen molar-refractivity contribution in [3.8, 4) is 12.3 Å². The molecule has 1 amide bonds. The quantitative estimate of drug-likeness (QED) is 0.799. The number of carbonyl (C=O) groups excluding carboxylic acids is 1. The number of thiophene rings is 1. The fourth-order valence-electron chi connectivity index (χ4n) is 1.54. The van der Waals surface area contributed by atoms with Gasteiger partial charge in [0.25, 0.3) is 0 Å². The Bertz CT molecular complexity index is 492. The molecule has 2 heterocycles. The highest BCUT2D eigenvalue weighted by Gasteiger charge is 2.41. The van der Waals surface area contributed by atoms with E-state index in [-0.39, 0.29) is 12.3 Å². The smallest absolute Gasteiger partial charge is 0.228 e. The average Bonchev–Trinajstić information content (AvgIpc) is 2.94. The van der Waals surface area contributed by atoms with Gasteiger partial charge in [-0.15, -0.1) is 23.7 Å². The molecule has 1 aromatic heterocycles. The lowest BCUT2D eigenvalue weighted by Gasteiger charge is -2.09. The van der Waals surface area contributed by atoms with E-state index in [9.17, 15) is 4.79 Å². The van der Waals surface area contributed by atoms with Crippen LogP contribution in [0, 0.1) is 19.3 Å². The molecular weight excluding hydrogens is 234 g/mol. The van der Waals surface area contributed by atoms with E-state index in [0.29, 0.717) is 12.8 Å². The molecule has 1 aliphatic rings. The van der Waals surface area contributed by atoms with Gasteiger partial charge in [0, 0.05) is 18.2 Å². The summed E-state index contributed by atoms with van der Waals surface area (Å²) < 4.78 is 0. The Kier molecular flexibility index (Phi) is 3.25. The first-order chi connectivity index (χ1) is 8.15. The monoisotopic (exact) mass is 247 g/mol. The zero-order valence-electron chi connectivity index (χ0n) is 9.56. The minimum Gasteiger partial charge on any atom is -0.325 e. The molecule has 1 aliphatic heterocycles. The maximum absolute atomic E-state index is 11.8. The minimum atomic E-state index is -0.541. The predicted octanol–water partition coefficient (Wildman–Crippen LogP) is 2.96. The highest BCUT2D eigenvalue weighted by Crippen LogP contribution is 2.36. The van der Waals surface area contributed by atoms with Crippen LogP contribution in [-0.4, -0.2) is 11.6 Å². The molecule has 1 aromatic rings. The number of rotatable bonds is 5. The largest absolute Gasteiger partial charge is 0.325 e. The van der Waals surface area contributed by atoms with Gasteiger partial charge >= 0.3 is 0 Å². The predicted molar refractivity (Wildman–Crippen MR) is 68.0 cm³/mol. The molecule has 0 saturated carbocycles. The van der Waals surface area contributed by atoms with Crippen LogP contribution in [0.15, 0.2) is 21.0 Å². The third-order valence-corrected chi connectivity index (χ3v) is 3.49. The van der Waals surface area contributed by atoms with Gasteiger partial charge in [0.15, 0.2) is 0 Å². The Morgan fingerprint density at radius 1 is 1.59 bits per heavy atom. The van der Waals surface area contributed by atoms with E-state index >= 15 is 0 Å². The molecule has 2 rings (SSSR count). The van der Waals surface area contributed by atoms with E-state index in [1.54, 1.807) is 11.3 Å². The minimum absolute atomic E-state index is 0.0616. The second-order valence-electron chi connectivity index (χ2n) is 4.08. The molecule has 4 nitrogen and oxygen atoms in total. The standard InChI is InChI=1S/C12H13N3OS/c1-3-4-5-12(14-15-12)6-11(16)13-10-8-17-7-9(10)2/h1,7-8H,4-6H2,2H3,(H,13,16). The molecule has 0 unspecified atom stereocenters. The van der Waals surface area contributed by atoms with Crippen molar-refractivity contribution in [2.45, 2.75) is 31.8 Å². The van der Waals surface area contributed by atoms with Crippen LogP contribution in [-0.2, 0) is 4.79 Å². The lowest BCUT2D eigenvalue weighted by atomic mass is 10.0. The molecule has 0 aromatic carbocycles. The van der Waals surface area contributed by atoms with Gasteiger partial charge in [-0.2, -0.15) is 10.2 Å². The summed E-state index contributed by atoms with van der Waals surface area (Å²) in [6.45, 7) is 1.96. The molecule has 0 aliphatic carbocycles. The van der Waals surface area contributed by atoms with Crippen molar-refractivity contribution in [1.82, 2.24) is 0 Å². The molecule has 0 saturated heterocycles. The van der Waals surface area contributed by atoms with Gasteiger partial charge in [-0.25, -0.2) is 0 Å². The number of anilines is 1. The van der Waals surface area contributed by atoms with Crippen molar-refractivity contribution in [3.63, 3.8) is 0 Å². The van der Waals surface area contributed by atoms with Gasteiger partial charge in [-0.1, -0.05) is 0 Å². The molecule has 0 spiro atoms. The summed E-state index contributed by atoms with van der Waals surface area (Å²) >= 11 is 1.57. The topological polar surface area (TPSA) is 53.8 Å². The average molecular weight is 247 g/mol. The fourth-order valence-corrected chi connectivity index (χ4v) is 2.32. The number of nitrogens with zero attached hydrogens (tertiary/aromatic N) is 2. The summed E-state index contributed by atoms with van der Waals surface area (Å²) in [6, 6.07) is 0. The second kappa shape index (κ2) is 4.68. The van der Waals surface area contributed by atoms with E-state index in [2.05, 4.69) is 21.5 Å². The van der Waals surface area contributed by atoms with Gasteiger partial charge in [0.05, 0.1) is 12.1 Å². The number of nitrogens with one attached hydrogen (secondary N) is 1. The van der Waals surface area contributed by atoms with Crippen LogP contribution in [0.25, 0.3) is 0 Å². The van der Waals surface area contributed by atoms with E-state index in [1.807, 2.05) is 17.7 Å². The lowest BCUT2D eigenvalue weighted by Crippen LogP contribution is -2.22. The Labute approximate surface area is 104 Å². The second-order valence-corrected chi connectivity index (χ2v) is 4.82. The van der Waals surface area contributed by atoms with E-state index < -0.39 is 5.66 Å². The molecule has 1 N–H and O–H groups in total. The number of aryl methyl sites for hydroxylation is 1. The Morgan fingerprint density at radius 3 is 2.88 bits per heavy atom. The van der Waals surface area contributed by atoms with Crippen molar-refractivity contribution in [2.75, 3.05) is 5.32 Å². The first kappa shape index (κ1) is 11.8. The third-order valence-electron chi connectivity index (χ3n) is 2.63. The van der Waals surface area contributed by atoms with Crippen molar-refractivity contribution < 1.29 is 4.79 Å². The van der Waals surface area contributed by atoms with Crippen LogP contribution >= 0.6 is 11.3 Å². The molecule has 0 fully saturated rings. The molecule has 0 bridgehead atoms. The van der Waals surface area contributed by atoms with Gasteiger partial charge < -0.3 is 5.32 Å². The van der Waals surface area contributed by atoms with Crippen molar-refractivity contribution in [2.24, 2.45) is 10.2 Å². The van der Waals surface area contributed by atoms with Crippen LogP contribution < -0.4 is 5.32 Å². The number of terminal acetylenes is 1. The molecule has 17 heavy (non-hydrogen) atoms. The van der Waals surface area contributed by atoms with Gasteiger partial charge in [-0.3, -0.25) is 4.79 Å². The number of hydrogen-bond acceptors (Lipinski definition) is 4. The first-order valence-corrected chi connectivity index (χ1v) is 6.30. The van der Waals surface area contributed by atoms with Crippen LogP contribution in [0.3, 0.4) is 0 Å². The maximum Gasteiger partial charge on any atom is 0.228 e. The normalized spacial score (nSPS) is 15.3. The Hall–Kier alpha value is -1.67. The van der Waals surface area contributed by atoms with Crippen molar-refractivity contribution >= 4 is 22.9 Å². The van der Waals surface area contributed by atoms with Crippen molar-refractivity contribution in [3.05, 3.63) is 16.3 Å². The van der Waals surface area contributed by atoms with Crippen molar-refractivity contribution in [1.29, 1.82) is 0 Å². The maximum atomic E-state index is 11.8. The third kappa shape index (κ3) is 2.92. The summed E-state index contributed by atoms with van der Waals surface area (Å²) in [5, 5.41) is 14.6. The summed E-state index contributed by atoms with van der Waals surface area (Å²) in [5.74, 6) is 2.48. The summed E-state index contributed by atoms with van der Waals surface area (Å²) in [6.07, 6.45) is 6.72. The summed E-state index contributed by atoms with van der Waals surface area (Å²) in [5.41, 5.74) is 1.40. The van der Waals surface area contributed by atoms with Gasteiger partial charge in [0.2, 0.25) is 11.6 Å². The van der Waals surface area contributed by atoms with Gasteiger partial charge in [0.1, 0.15) is 0 Å².